The molecule has 0 unspecified atom stereocenters. The summed E-state index contributed by atoms with van der Waals surface area (Å²) >= 11 is 3.12. The van der Waals surface area contributed by atoms with Crippen LogP contribution in [0.4, 0.5) is 43.8 Å². The van der Waals surface area contributed by atoms with E-state index in [0.717, 1.165) is 18.2 Å². The zero-order chi connectivity index (χ0) is 25.3. The van der Waals surface area contributed by atoms with Gasteiger partial charge in [-0.2, -0.15) is 18.2 Å². The Morgan fingerprint density at radius 2 is 1.59 bits per heavy atom. The van der Waals surface area contributed by atoms with E-state index in [2.05, 4.69) is 41.3 Å². The molecular weight excluding hydrogens is 530 g/mol. The third kappa shape index (κ3) is 7.24. The maximum atomic E-state index is 13.0. The summed E-state index contributed by atoms with van der Waals surface area (Å²) in [6, 6.07) is 9.81. The third-order valence-electron chi connectivity index (χ3n) is 4.14. The van der Waals surface area contributed by atoms with Gasteiger partial charge in [0.2, 0.25) is 5.95 Å². The molecule has 2 N–H and O–H groups in total. The molecule has 0 aliphatic heterocycles. The lowest BCUT2D eigenvalue weighted by Crippen LogP contribution is -2.27. The molecule has 0 saturated carbocycles. The van der Waals surface area contributed by atoms with Crippen molar-refractivity contribution >= 4 is 33.4 Å². The van der Waals surface area contributed by atoms with Crippen LogP contribution in [0.5, 0.6) is 5.75 Å². The lowest BCUT2D eigenvalue weighted by atomic mass is 10.1. The van der Waals surface area contributed by atoms with Crippen LogP contribution < -0.4 is 15.4 Å². The van der Waals surface area contributed by atoms with Crippen molar-refractivity contribution in [3.8, 4) is 17.0 Å². The minimum atomic E-state index is -4.86. The fourth-order valence-corrected chi connectivity index (χ4v) is 3.31. The van der Waals surface area contributed by atoms with Gasteiger partial charge in [0.25, 0.3) is 0 Å². The summed E-state index contributed by atoms with van der Waals surface area (Å²) < 4.78 is 80.9. The summed E-state index contributed by atoms with van der Waals surface area (Å²) in [6.07, 6.45) is -9.36. The van der Waals surface area contributed by atoms with Crippen molar-refractivity contribution in [2.75, 3.05) is 10.6 Å². The van der Waals surface area contributed by atoms with Crippen molar-refractivity contribution in [3.05, 3.63) is 58.6 Å². The van der Waals surface area contributed by atoms with Gasteiger partial charge >= 0.3 is 12.5 Å². The zero-order valence-corrected chi connectivity index (χ0v) is 19.7. The largest absolute Gasteiger partial charge is 0.573 e. The molecule has 0 atom stereocenters. The molecular formula is C22H19BrF6N4O. The Hall–Kier alpha value is -3.02. The number of hydrogen-bond acceptors (Lipinski definition) is 5. The van der Waals surface area contributed by atoms with Gasteiger partial charge in [0, 0.05) is 21.6 Å². The smallest absolute Gasteiger partial charge is 0.406 e. The topological polar surface area (TPSA) is 59.1 Å². The van der Waals surface area contributed by atoms with Crippen LogP contribution in [0.2, 0.25) is 0 Å². The summed E-state index contributed by atoms with van der Waals surface area (Å²) in [4.78, 5) is 8.72. The number of rotatable bonds is 5. The predicted octanol–water partition coefficient (Wildman–Crippen LogP) is 7.78. The number of alkyl halides is 6. The number of nitrogens with one attached hydrogen (secondary N) is 2. The van der Waals surface area contributed by atoms with Crippen LogP contribution in [0.25, 0.3) is 11.3 Å². The first-order valence-electron chi connectivity index (χ1n) is 9.76. The van der Waals surface area contributed by atoms with Crippen molar-refractivity contribution in [2.24, 2.45) is 0 Å². The minimum absolute atomic E-state index is 0.147. The first kappa shape index (κ1) is 25.6. The normalized spacial score (nSPS) is 12.4. The Balaban J connectivity index is 2.01. The molecule has 34 heavy (non-hydrogen) atoms. The molecule has 3 rings (SSSR count). The molecule has 182 valence electrons. The van der Waals surface area contributed by atoms with Crippen molar-refractivity contribution in [3.63, 3.8) is 0 Å². The van der Waals surface area contributed by atoms with Crippen LogP contribution >= 0.6 is 15.9 Å². The SMILES string of the molecule is CC(C)(C)Nc1nc(Nc2ccc(C(F)(F)F)cc2Br)cc(-c2cccc(OC(F)(F)F)c2)n1. The van der Waals surface area contributed by atoms with Crippen molar-refractivity contribution in [1.29, 1.82) is 0 Å². The highest BCUT2D eigenvalue weighted by molar-refractivity contribution is 9.10. The Labute approximate surface area is 199 Å². The van der Waals surface area contributed by atoms with Crippen molar-refractivity contribution in [2.45, 2.75) is 38.8 Å². The van der Waals surface area contributed by atoms with Gasteiger partial charge in [0.05, 0.1) is 16.9 Å². The van der Waals surface area contributed by atoms with Crippen LogP contribution in [0.1, 0.15) is 26.3 Å². The summed E-state index contributed by atoms with van der Waals surface area (Å²) in [7, 11) is 0. The molecule has 1 aromatic heterocycles. The van der Waals surface area contributed by atoms with Gasteiger partial charge < -0.3 is 15.4 Å². The monoisotopic (exact) mass is 548 g/mol. The van der Waals surface area contributed by atoms with Gasteiger partial charge in [-0.3, -0.25) is 0 Å². The van der Waals surface area contributed by atoms with E-state index in [4.69, 9.17) is 0 Å². The number of nitrogens with zero attached hydrogens (tertiary/aromatic N) is 2. The highest BCUT2D eigenvalue weighted by Gasteiger charge is 2.32. The highest BCUT2D eigenvalue weighted by atomic mass is 79.9. The second kappa shape index (κ2) is 9.32. The Kier molecular flexibility index (Phi) is 7.02. The van der Waals surface area contributed by atoms with E-state index in [0.29, 0.717) is 11.3 Å². The number of anilines is 3. The van der Waals surface area contributed by atoms with Crippen LogP contribution in [-0.2, 0) is 6.18 Å². The number of hydrogen-bond donors (Lipinski definition) is 2. The molecule has 0 spiro atoms. The molecule has 0 amide bonds. The van der Waals surface area contributed by atoms with Gasteiger partial charge in [-0.1, -0.05) is 12.1 Å². The van der Waals surface area contributed by atoms with Gasteiger partial charge in [-0.25, -0.2) is 4.98 Å². The second-order valence-electron chi connectivity index (χ2n) is 8.23. The van der Waals surface area contributed by atoms with E-state index in [-0.39, 0.29) is 21.9 Å². The van der Waals surface area contributed by atoms with Gasteiger partial charge in [0.1, 0.15) is 11.6 Å². The molecule has 3 aromatic rings. The van der Waals surface area contributed by atoms with Crippen LogP contribution in [0.3, 0.4) is 0 Å². The van der Waals surface area contributed by atoms with Crippen LogP contribution in [-0.4, -0.2) is 21.9 Å². The molecule has 2 aromatic carbocycles. The first-order chi connectivity index (χ1) is 15.6. The molecule has 12 heteroatoms. The van der Waals surface area contributed by atoms with Gasteiger partial charge in [0.15, 0.2) is 0 Å². The highest BCUT2D eigenvalue weighted by Crippen LogP contribution is 2.35. The molecule has 0 aliphatic carbocycles. The molecule has 0 saturated heterocycles. The standard InChI is InChI=1S/C22H19BrF6N4O/c1-20(2,3)33-19-31-17(12-5-4-6-14(9-12)34-22(27,28)29)11-18(32-19)30-16-8-7-13(10-15(16)23)21(24,25)26/h4-11H,1-3H3,(H2,30,31,32,33). The molecule has 1 heterocycles. The molecule has 0 radical (unpaired) electrons. The predicted molar refractivity (Wildman–Crippen MR) is 120 cm³/mol. The van der Waals surface area contributed by atoms with Crippen LogP contribution in [0.15, 0.2) is 53.0 Å². The lowest BCUT2D eigenvalue weighted by molar-refractivity contribution is -0.274. The second-order valence-corrected chi connectivity index (χ2v) is 9.08. The van der Waals surface area contributed by atoms with E-state index in [1.807, 2.05) is 20.8 Å². The maximum Gasteiger partial charge on any atom is 0.573 e. The minimum Gasteiger partial charge on any atom is -0.406 e. The Morgan fingerprint density at radius 3 is 2.18 bits per heavy atom. The maximum absolute atomic E-state index is 13.0. The van der Waals surface area contributed by atoms with Gasteiger partial charge in [-0.15, -0.1) is 13.2 Å². The molecule has 0 aliphatic rings. The number of aromatic nitrogens is 2. The first-order valence-corrected chi connectivity index (χ1v) is 10.6. The summed E-state index contributed by atoms with van der Waals surface area (Å²) in [6.45, 7) is 5.58. The van der Waals surface area contributed by atoms with Crippen molar-refractivity contribution < 1.29 is 31.1 Å². The Bertz CT molecular complexity index is 1180. The van der Waals surface area contributed by atoms with E-state index in [1.54, 1.807) is 6.07 Å². The van der Waals surface area contributed by atoms with Gasteiger partial charge in [-0.05, 0) is 67.0 Å². The molecule has 0 fully saturated rings. The average Bonchev–Trinajstić information content (AvgIpc) is 2.66. The van der Waals surface area contributed by atoms with E-state index >= 15 is 0 Å². The number of halogens is 7. The zero-order valence-electron chi connectivity index (χ0n) is 18.1. The van der Waals surface area contributed by atoms with E-state index in [9.17, 15) is 26.3 Å². The summed E-state index contributed by atoms with van der Waals surface area (Å²) in [5.74, 6) is -0.0500. The van der Waals surface area contributed by atoms with Crippen molar-refractivity contribution in [1.82, 2.24) is 9.97 Å². The fourth-order valence-electron chi connectivity index (χ4n) is 2.83. The van der Waals surface area contributed by atoms with E-state index < -0.39 is 29.4 Å². The number of ether oxygens (including phenoxy) is 1. The summed E-state index contributed by atoms with van der Waals surface area (Å²) in [5, 5.41) is 6.00. The Morgan fingerprint density at radius 1 is 0.882 bits per heavy atom. The lowest BCUT2D eigenvalue weighted by Gasteiger charge is -2.21. The molecule has 5 nitrogen and oxygen atoms in total. The molecule has 0 bridgehead atoms. The number of benzene rings is 2. The third-order valence-corrected chi connectivity index (χ3v) is 4.79. The fraction of sp³-hybridized carbons (Fsp3) is 0.273. The summed E-state index contributed by atoms with van der Waals surface area (Å²) in [5.41, 5.74) is -0.402. The average molecular weight is 549 g/mol. The van der Waals surface area contributed by atoms with E-state index in [1.165, 1.54) is 24.3 Å². The quantitative estimate of drug-likeness (QED) is 0.319. The van der Waals surface area contributed by atoms with Crippen LogP contribution in [0, 0.1) is 0 Å².